The van der Waals surface area contributed by atoms with Gasteiger partial charge in [0.25, 0.3) is 0 Å². The molecule has 108 valence electrons. The number of carbonyl (C=O) groups excluding carboxylic acids is 1. The number of rotatable bonds is 3. The maximum absolute atomic E-state index is 12.1. The van der Waals surface area contributed by atoms with E-state index in [-0.39, 0.29) is 18.2 Å². The van der Waals surface area contributed by atoms with Gasteiger partial charge >= 0.3 is 5.97 Å². The van der Waals surface area contributed by atoms with Gasteiger partial charge in [-0.15, -0.1) is 0 Å². The average Bonchev–Trinajstić information content (AvgIpc) is 2.80. The van der Waals surface area contributed by atoms with Crippen LogP contribution in [0.15, 0.2) is 30.3 Å². The summed E-state index contributed by atoms with van der Waals surface area (Å²) >= 11 is 0. The zero-order valence-corrected chi connectivity index (χ0v) is 11.2. The van der Waals surface area contributed by atoms with Crippen LogP contribution >= 0.6 is 0 Å². The van der Waals surface area contributed by atoms with Crippen molar-refractivity contribution in [3.8, 4) is 0 Å². The van der Waals surface area contributed by atoms with Crippen LogP contribution in [0, 0.1) is 0 Å². The number of ether oxygens (including phenoxy) is 1. The fourth-order valence-electron chi connectivity index (χ4n) is 3.22. The van der Waals surface area contributed by atoms with Crippen molar-refractivity contribution in [1.29, 1.82) is 0 Å². The zero-order valence-electron chi connectivity index (χ0n) is 14.2. The largest absolute Gasteiger partial charge is 0.460 e. The smallest absolute Gasteiger partial charge is 0.339 e. The van der Waals surface area contributed by atoms with Gasteiger partial charge in [-0.2, -0.15) is 0 Å². The molecule has 1 aromatic rings. The summed E-state index contributed by atoms with van der Waals surface area (Å²) in [4.78, 5) is 13.7. The van der Waals surface area contributed by atoms with E-state index in [1.165, 1.54) is 0 Å². The summed E-state index contributed by atoms with van der Waals surface area (Å²) in [6, 6.07) is 8.51. The lowest BCUT2D eigenvalue weighted by Crippen LogP contribution is -2.43. The van der Waals surface area contributed by atoms with Crippen molar-refractivity contribution >= 4 is 5.97 Å². The summed E-state index contributed by atoms with van der Waals surface area (Å²) in [6.07, 6.45) is 1.05. The predicted octanol–water partition coefficient (Wildman–Crippen LogP) is 1.89. The standard InChI is InChI=1S/C16H21NO3/c1-17-12-7-8-13(17)10-14(9-12)20-16(19)15(18)11-5-3-2-4-6-11/h2-6,12-15,18H,7-10H2,1H3/t12-,13+,14?,15?/i1D3. The first-order valence-corrected chi connectivity index (χ1v) is 7.08. The Morgan fingerprint density at radius 1 is 1.35 bits per heavy atom. The topological polar surface area (TPSA) is 49.8 Å². The molecule has 4 heteroatoms. The van der Waals surface area contributed by atoms with Crippen LogP contribution in [0.2, 0.25) is 0 Å². The van der Waals surface area contributed by atoms with Gasteiger partial charge in [-0.3, -0.25) is 0 Å². The fourth-order valence-corrected chi connectivity index (χ4v) is 3.22. The third-order valence-electron chi connectivity index (χ3n) is 4.31. The molecule has 2 heterocycles. The van der Waals surface area contributed by atoms with Crippen molar-refractivity contribution in [2.75, 3.05) is 6.98 Å². The van der Waals surface area contributed by atoms with Gasteiger partial charge in [0.05, 0.1) is 0 Å². The maximum Gasteiger partial charge on any atom is 0.339 e. The molecular weight excluding hydrogens is 254 g/mol. The van der Waals surface area contributed by atoms with Crippen LogP contribution in [0.5, 0.6) is 0 Å². The average molecular weight is 278 g/mol. The molecular formula is C16H21NO3. The van der Waals surface area contributed by atoms with Gasteiger partial charge in [0.2, 0.25) is 0 Å². The molecule has 0 amide bonds. The van der Waals surface area contributed by atoms with E-state index in [2.05, 4.69) is 0 Å². The SMILES string of the molecule is [2H]C([2H])([2H])N1[C@@H]2CC[C@H]1CC(OC(=O)C(O)c1ccccc1)C2. The van der Waals surface area contributed by atoms with Crippen molar-refractivity contribution in [3.63, 3.8) is 0 Å². The lowest BCUT2D eigenvalue weighted by Gasteiger charge is -2.36. The molecule has 0 saturated carbocycles. The number of esters is 1. The number of hydrogen-bond acceptors (Lipinski definition) is 4. The van der Waals surface area contributed by atoms with Gasteiger partial charge in [0.1, 0.15) is 6.10 Å². The zero-order chi connectivity index (χ0) is 16.6. The molecule has 2 bridgehead atoms. The van der Waals surface area contributed by atoms with Gasteiger partial charge in [-0.25, -0.2) is 4.79 Å². The molecule has 2 aliphatic heterocycles. The lowest BCUT2D eigenvalue weighted by molar-refractivity contribution is -0.162. The number of fused-ring (bicyclic) bond motifs is 2. The quantitative estimate of drug-likeness (QED) is 0.858. The minimum absolute atomic E-state index is 0.0760. The number of carbonyl (C=O) groups is 1. The Morgan fingerprint density at radius 2 is 2.00 bits per heavy atom. The molecule has 2 unspecified atom stereocenters. The second kappa shape index (κ2) is 5.54. The van der Waals surface area contributed by atoms with Gasteiger partial charge < -0.3 is 14.7 Å². The van der Waals surface area contributed by atoms with E-state index in [9.17, 15) is 9.90 Å². The van der Waals surface area contributed by atoms with Crippen LogP contribution in [0.1, 0.15) is 41.5 Å². The summed E-state index contributed by atoms with van der Waals surface area (Å²) in [5.74, 6) is -0.664. The number of benzene rings is 1. The second-order valence-electron chi connectivity index (χ2n) is 5.64. The molecule has 4 nitrogen and oxygen atoms in total. The van der Waals surface area contributed by atoms with E-state index in [0.717, 1.165) is 12.8 Å². The minimum Gasteiger partial charge on any atom is -0.460 e. The Morgan fingerprint density at radius 3 is 2.60 bits per heavy atom. The lowest BCUT2D eigenvalue weighted by atomic mass is 10.0. The first kappa shape index (κ1) is 10.4. The van der Waals surface area contributed by atoms with Crippen LogP contribution in [0.3, 0.4) is 0 Å². The number of nitrogens with zero attached hydrogens (tertiary/aromatic N) is 1. The van der Waals surface area contributed by atoms with Crippen LogP contribution in [-0.2, 0) is 9.53 Å². The van der Waals surface area contributed by atoms with E-state index in [0.29, 0.717) is 18.4 Å². The van der Waals surface area contributed by atoms with E-state index in [1.54, 1.807) is 29.2 Å². The van der Waals surface area contributed by atoms with Crippen LogP contribution in [0.4, 0.5) is 0 Å². The highest BCUT2D eigenvalue weighted by Crippen LogP contribution is 2.35. The monoisotopic (exact) mass is 278 g/mol. The Bertz CT molecular complexity index is 549. The number of aliphatic hydroxyl groups excluding tert-OH is 1. The molecule has 0 radical (unpaired) electrons. The second-order valence-corrected chi connectivity index (χ2v) is 5.64. The number of hydrogen-bond donors (Lipinski definition) is 1. The molecule has 0 aromatic heterocycles. The number of aliphatic hydroxyl groups is 1. The van der Waals surface area contributed by atoms with Crippen molar-refractivity contribution in [1.82, 2.24) is 4.90 Å². The fraction of sp³-hybridized carbons (Fsp3) is 0.562. The molecule has 2 saturated heterocycles. The normalized spacial score (nSPS) is 33.9. The molecule has 4 atom stereocenters. The van der Waals surface area contributed by atoms with E-state index in [1.807, 2.05) is 6.07 Å². The van der Waals surface area contributed by atoms with Gasteiger partial charge in [0.15, 0.2) is 6.10 Å². The van der Waals surface area contributed by atoms with Crippen molar-refractivity contribution in [2.45, 2.75) is 50.0 Å². The molecule has 3 rings (SSSR count). The maximum atomic E-state index is 12.1. The van der Waals surface area contributed by atoms with Crippen LogP contribution < -0.4 is 0 Å². The highest BCUT2D eigenvalue weighted by molar-refractivity contribution is 5.76. The summed E-state index contributed by atoms with van der Waals surface area (Å²) in [7, 11) is 0. The van der Waals surface area contributed by atoms with Gasteiger partial charge in [-0.05, 0) is 38.2 Å². The van der Waals surface area contributed by atoms with E-state index >= 15 is 0 Å². The van der Waals surface area contributed by atoms with Gasteiger partial charge in [-0.1, -0.05) is 30.3 Å². The molecule has 20 heavy (non-hydrogen) atoms. The summed E-state index contributed by atoms with van der Waals surface area (Å²) in [5, 5.41) is 10.1. The third-order valence-corrected chi connectivity index (χ3v) is 4.31. The first-order chi connectivity index (χ1) is 10.9. The van der Waals surface area contributed by atoms with Gasteiger partial charge in [0, 0.05) is 16.2 Å². The third kappa shape index (κ3) is 2.58. The highest BCUT2D eigenvalue weighted by atomic mass is 16.6. The van der Waals surface area contributed by atoms with Crippen molar-refractivity contribution in [3.05, 3.63) is 35.9 Å². The van der Waals surface area contributed by atoms with E-state index < -0.39 is 19.0 Å². The Labute approximate surface area is 123 Å². The number of piperidine rings is 1. The van der Waals surface area contributed by atoms with Crippen molar-refractivity contribution in [2.24, 2.45) is 0 Å². The predicted molar refractivity (Wildman–Crippen MR) is 75.1 cm³/mol. The summed E-state index contributed by atoms with van der Waals surface area (Å²) in [5.41, 5.74) is 0.500. The summed E-state index contributed by atoms with van der Waals surface area (Å²) in [6.45, 7) is -2.09. The minimum atomic E-state index is -2.09. The van der Waals surface area contributed by atoms with E-state index in [4.69, 9.17) is 8.85 Å². The summed E-state index contributed by atoms with van der Waals surface area (Å²) < 4.78 is 28.3. The molecule has 2 fully saturated rings. The Kier molecular flexibility index (Phi) is 2.87. The van der Waals surface area contributed by atoms with Crippen LogP contribution in [0.25, 0.3) is 0 Å². The van der Waals surface area contributed by atoms with Crippen LogP contribution in [-0.4, -0.2) is 41.1 Å². The highest BCUT2D eigenvalue weighted by Gasteiger charge is 2.40. The Hall–Kier alpha value is -1.39. The first-order valence-electron chi connectivity index (χ1n) is 8.58. The Balaban J connectivity index is 1.61. The molecule has 2 aliphatic rings. The molecule has 1 aromatic carbocycles. The molecule has 1 N–H and O–H groups in total. The molecule has 0 aliphatic carbocycles. The van der Waals surface area contributed by atoms with Crippen molar-refractivity contribution < 1.29 is 18.8 Å². The molecule has 0 spiro atoms.